The van der Waals surface area contributed by atoms with E-state index in [1.54, 1.807) is 0 Å². The second-order valence-electron chi connectivity index (χ2n) is 4.45. The second-order valence-corrected chi connectivity index (χ2v) is 4.45. The largest absolute Gasteiger partial charge is 0.433 e. The quantitative estimate of drug-likeness (QED) is 0.883. The fraction of sp³-hybridized carbons (Fsp3) is 0.583. The Morgan fingerprint density at radius 1 is 1.28 bits per heavy atom. The molecular weight excluding hydrogens is 245 g/mol. The molecule has 0 aromatic carbocycles. The molecule has 3 nitrogen and oxygen atoms in total. The topological polar surface area (TPSA) is 34.1 Å². The SMILES string of the molecule is CCOC(C)(C)CNc1cccc(C(F)(F)F)n1. The third kappa shape index (κ3) is 4.52. The number of ether oxygens (including phenoxy) is 1. The minimum absolute atomic E-state index is 0.192. The Balaban J connectivity index is 2.69. The third-order valence-electron chi connectivity index (χ3n) is 2.27. The highest BCUT2D eigenvalue weighted by Gasteiger charge is 2.32. The fourth-order valence-corrected chi connectivity index (χ4v) is 1.44. The molecule has 0 saturated heterocycles. The summed E-state index contributed by atoms with van der Waals surface area (Å²) in [4.78, 5) is 3.52. The lowest BCUT2D eigenvalue weighted by molar-refractivity contribution is -0.141. The van der Waals surface area contributed by atoms with E-state index >= 15 is 0 Å². The molecule has 0 spiro atoms. The number of alkyl halides is 3. The smallest absolute Gasteiger partial charge is 0.374 e. The molecule has 1 aromatic rings. The molecule has 1 N–H and O–H groups in total. The maximum absolute atomic E-state index is 12.4. The van der Waals surface area contributed by atoms with Crippen LogP contribution in [0.1, 0.15) is 26.5 Å². The second kappa shape index (κ2) is 5.56. The minimum Gasteiger partial charge on any atom is -0.374 e. The van der Waals surface area contributed by atoms with Crippen LogP contribution in [0.25, 0.3) is 0 Å². The Morgan fingerprint density at radius 2 is 1.94 bits per heavy atom. The Bertz CT molecular complexity index is 391. The van der Waals surface area contributed by atoms with Crippen LogP contribution in [0.2, 0.25) is 0 Å². The maximum Gasteiger partial charge on any atom is 0.433 e. The average molecular weight is 262 g/mol. The van der Waals surface area contributed by atoms with Crippen LogP contribution in [0.4, 0.5) is 19.0 Å². The Labute approximate surface area is 104 Å². The number of pyridine rings is 1. The summed E-state index contributed by atoms with van der Waals surface area (Å²) in [5, 5.41) is 2.85. The summed E-state index contributed by atoms with van der Waals surface area (Å²) in [6, 6.07) is 3.77. The molecule has 0 radical (unpaired) electrons. The standard InChI is InChI=1S/C12H17F3N2O/c1-4-18-11(2,3)8-16-10-7-5-6-9(17-10)12(13,14)15/h5-7H,4,8H2,1-3H3,(H,16,17). The number of hydrogen-bond donors (Lipinski definition) is 1. The number of hydrogen-bond acceptors (Lipinski definition) is 3. The Morgan fingerprint density at radius 3 is 2.50 bits per heavy atom. The summed E-state index contributed by atoms with van der Waals surface area (Å²) in [6.45, 7) is 6.51. The van der Waals surface area contributed by atoms with E-state index in [0.717, 1.165) is 6.07 Å². The van der Waals surface area contributed by atoms with Crippen LogP contribution in [0, 0.1) is 0 Å². The van der Waals surface area contributed by atoms with Gasteiger partial charge < -0.3 is 10.1 Å². The van der Waals surface area contributed by atoms with Crippen molar-refractivity contribution in [2.24, 2.45) is 0 Å². The van der Waals surface area contributed by atoms with Gasteiger partial charge in [-0.25, -0.2) is 4.98 Å². The number of halogens is 3. The van der Waals surface area contributed by atoms with E-state index in [2.05, 4.69) is 10.3 Å². The summed E-state index contributed by atoms with van der Waals surface area (Å²) < 4.78 is 42.8. The molecule has 0 bridgehead atoms. The average Bonchev–Trinajstić information content (AvgIpc) is 2.26. The first-order valence-corrected chi connectivity index (χ1v) is 5.67. The Kier molecular flexibility index (Phi) is 4.56. The molecule has 6 heteroatoms. The zero-order valence-electron chi connectivity index (χ0n) is 10.6. The van der Waals surface area contributed by atoms with E-state index in [-0.39, 0.29) is 5.82 Å². The first-order valence-electron chi connectivity index (χ1n) is 5.67. The van der Waals surface area contributed by atoms with Gasteiger partial charge in [0.2, 0.25) is 0 Å². The van der Waals surface area contributed by atoms with Crippen molar-refractivity contribution in [1.29, 1.82) is 0 Å². The van der Waals surface area contributed by atoms with Gasteiger partial charge in [0.25, 0.3) is 0 Å². The predicted octanol–water partition coefficient (Wildman–Crippen LogP) is 3.33. The zero-order chi connectivity index (χ0) is 13.8. The number of nitrogens with zero attached hydrogens (tertiary/aromatic N) is 1. The minimum atomic E-state index is -4.42. The summed E-state index contributed by atoms with van der Waals surface area (Å²) in [5.74, 6) is 0.192. The zero-order valence-corrected chi connectivity index (χ0v) is 10.6. The number of anilines is 1. The van der Waals surface area contributed by atoms with Crippen LogP contribution in [0.5, 0.6) is 0 Å². The molecule has 0 fully saturated rings. The molecule has 102 valence electrons. The van der Waals surface area contributed by atoms with E-state index in [1.165, 1.54) is 12.1 Å². The highest BCUT2D eigenvalue weighted by molar-refractivity contribution is 5.36. The maximum atomic E-state index is 12.4. The molecule has 1 aromatic heterocycles. The predicted molar refractivity (Wildman–Crippen MR) is 63.4 cm³/mol. The molecule has 0 amide bonds. The van der Waals surface area contributed by atoms with Crippen molar-refractivity contribution >= 4 is 5.82 Å². The lowest BCUT2D eigenvalue weighted by atomic mass is 10.1. The van der Waals surface area contributed by atoms with Crippen molar-refractivity contribution in [3.8, 4) is 0 Å². The highest BCUT2D eigenvalue weighted by Crippen LogP contribution is 2.28. The van der Waals surface area contributed by atoms with Crippen LogP contribution in [0.3, 0.4) is 0 Å². The molecule has 0 aliphatic carbocycles. The molecule has 0 saturated carbocycles. The molecular formula is C12H17F3N2O. The first-order chi connectivity index (χ1) is 8.24. The van der Waals surface area contributed by atoms with Crippen molar-refractivity contribution in [1.82, 2.24) is 4.98 Å². The monoisotopic (exact) mass is 262 g/mol. The first kappa shape index (κ1) is 14.8. The molecule has 0 aliphatic heterocycles. The van der Waals surface area contributed by atoms with Crippen molar-refractivity contribution in [2.75, 3.05) is 18.5 Å². The van der Waals surface area contributed by atoms with Gasteiger partial charge in [-0.2, -0.15) is 13.2 Å². The van der Waals surface area contributed by atoms with Gasteiger partial charge in [-0.15, -0.1) is 0 Å². The number of nitrogens with one attached hydrogen (secondary N) is 1. The number of rotatable bonds is 5. The van der Waals surface area contributed by atoms with Gasteiger partial charge >= 0.3 is 6.18 Å². The van der Waals surface area contributed by atoms with Crippen molar-refractivity contribution in [3.05, 3.63) is 23.9 Å². The van der Waals surface area contributed by atoms with Gasteiger partial charge in [0.05, 0.1) is 5.60 Å². The Hall–Kier alpha value is -1.30. The van der Waals surface area contributed by atoms with Crippen LogP contribution in [0.15, 0.2) is 18.2 Å². The number of aromatic nitrogens is 1. The molecule has 1 rings (SSSR count). The van der Waals surface area contributed by atoms with E-state index in [4.69, 9.17) is 4.74 Å². The van der Waals surface area contributed by atoms with Gasteiger partial charge in [0, 0.05) is 13.2 Å². The lowest BCUT2D eigenvalue weighted by Crippen LogP contribution is -2.33. The van der Waals surface area contributed by atoms with E-state index in [1.807, 2.05) is 20.8 Å². The normalized spacial score (nSPS) is 12.6. The van der Waals surface area contributed by atoms with Crippen LogP contribution < -0.4 is 5.32 Å². The van der Waals surface area contributed by atoms with Gasteiger partial charge in [0.15, 0.2) is 0 Å². The van der Waals surface area contributed by atoms with Crippen molar-refractivity contribution in [3.63, 3.8) is 0 Å². The highest BCUT2D eigenvalue weighted by atomic mass is 19.4. The molecule has 18 heavy (non-hydrogen) atoms. The van der Waals surface area contributed by atoms with Crippen LogP contribution >= 0.6 is 0 Å². The summed E-state index contributed by atoms with van der Waals surface area (Å²) >= 11 is 0. The molecule has 0 aliphatic rings. The lowest BCUT2D eigenvalue weighted by Gasteiger charge is -2.25. The fourth-order valence-electron chi connectivity index (χ4n) is 1.44. The van der Waals surface area contributed by atoms with Crippen LogP contribution in [-0.2, 0) is 10.9 Å². The summed E-state index contributed by atoms with van der Waals surface area (Å²) in [5.41, 5.74) is -1.35. The van der Waals surface area contributed by atoms with E-state index in [9.17, 15) is 13.2 Å². The van der Waals surface area contributed by atoms with Gasteiger partial charge in [-0.05, 0) is 32.9 Å². The van der Waals surface area contributed by atoms with Gasteiger partial charge in [-0.3, -0.25) is 0 Å². The van der Waals surface area contributed by atoms with E-state index in [0.29, 0.717) is 13.2 Å². The molecule has 0 unspecified atom stereocenters. The van der Waals surface area contributed by atoms with Gasteiger partial charge in [0.1, 0.15) is 11.5 Å². The van der Waals surface area contributed by atoms with Crippen LogP contribution in [-0.4, -0.2) is 23.7 Å². The van der Waals surface area contributed by atoms with Crippen molar-refractivity contribution < 1.29 is 17.9 Å². The summed E-state index contributed by atoms with van der Waals surface area (Å²) in [7, 11) is 0. The van der Waals surface area contributed by atoms with Gasteiger partial charge in [-0.1, -0.05) is 6.07 Å². The molecule has 0 atom stereocenters. The van der Waals surface area contributed by atoms with E-state index < -0.39 is 17.5 Å². The van der Waals surface area contributed by atoms with Crippen molar-refractivity contribution in [2.45, 2.75) is 32.5 Å². The molecule has 1 heterocycles. The third-order valence-corrected chi connectivity index (χ3v) is 2.27. The summed E-state index contributed by atoms with van der Waals surface area (Å²) in [6.07, 6.45) is -4.42.